The first-order valence-corrected chi connectivity index (χ1v) is 5.55. The largest absolute Gasteiger partial charge is 0.279 e. The number of rotatable bonds is 1. The van der Waals surface area contributed by atoms with Crippen molar-refractivity contribution in [1.82, 2.24) is 19.5 Å². The van der Waals surface area contributed by atoms with Gasteiger partial charge in [0.25, 0.3) is 0 Å². The fourth-order valence-electron chi connectivity index (χ4n) is 1.88. The van der Waals surface area contributed by atoms with Crippen LogP contribution in [0.25, 0.3) is 16.9 Å². The summed E-state index contributed by atoms with van der Waals surface area (Å²) in [4.78, 5) is 12.6. The van der Waals surface area contributed by atoms with Gasteiger partial charge in [-0.05, 0) is 19.1 Å². The predicted octanol–water partition coefficient (Wildman–Crippen LogP) is 2.78. The second-order valence-electron chi connectivity index (χ2n) is 3.68. The number of aromatic nitrogens is 4. The molecule has 0 atom stereocenters. The summed E-state index contributed by atoms with van der Waals surface area (Å²) in [6.45, 7) is 1.93. The SMILES string of the molecule is Cc1nc2ccccc2n1-c1ncncc1Cl. The standard InChI is InChI=1S/C12H9ClN4/c1-8-16-10-4-2-3-5-11(10)17(8)12-9(13)6-14-7-15-12/h2-7H,1H3. The van der Waals surface area contributed by atoms with Crippen molar-refractivity contribution < 1.29 is 0 Å². The normalized spacial score (nSPS) is 10.9. The van der Waals surface area contributed by atoms with Crippen molar-refractivity contribution in [1.29, 1.82) is 0 Å². The molecule has 0 aliphatic heterocycles. The minimum Gasteiger partial charge on any atom is -0.279 e. The van der Waals surface area contributed by atoms with E-state index in [1.165, 1.54) is 6.33 Å². The van der Waals surface area contributed by atoms with Crippen molar-refractivity contribution in [3.05, 3.63) is 47.6 Å². The first-order chi connectivity index (χ1) is 8.27. The third-order valence-corrected chi connectivity index (χ3v) is 2.86. The van der Waals surface area contributed by atoms with Crippen LogP contribution in [0.2, 0.25) is 5.02 Å². The molecule has 1 aromatic carbocycles. The van der Waals surface area contributed by atoms with Crippen LogP contribution in [0.1, 0.15) is 5.82 Å². The van der Waals surface area contributed by atoms with Gasteiger partial charge in [0.1, 0.15) is 17.2 Å². The van der Waals surface area contributed by atoms with Crippen LogP contribution < -0.4 is 0 Å². The molecule has 84 valence electrons. The summed E-state index contributed by atoms with van der Waals surface area (Å²) in [5.74, 6) is 1.51. The summed E-state index contributed by atoms with van der Waals surface area (Å²) in [5, 5.41) is 0.513. The minimum atomic E-state index is 0.513. The lowest BCUT2D eigenvalue weighted by Crippen LogP contribution is -2.01. The van der Waals surface area contributed by atoms with Gasteiger partial charge in [-0.3, -0.25) is 4.57 Å². The average Bonchev–Trinajstić information content (AvgIpc) is 2.66. The van der Waals surface area contributed by atoms with Crippen LogP contribution in [0, 0.1) is 6.92 Å². The molecule has 0 unspecified atom stereocenters. The summed E-state index contributed by atoms with van der Waals surface area (Å²) in [6, 6.07) is 7.89. The Bertz CT molecular complexity index is 690. The maximum atomic E-state index is 6.11. The molecule has 3 rings (SSSR count). The van der Waals surface area contributed by atoms with Crippen LogP contribution in [0.15, 0.2) is 36.8 Å². The van der Waals surface area contributed by atoms with Crippen molar-refractivity contribution >= 4 is 22.6 Å². The second-order valence-corrected chi connectivity index (χ2v) is 4.08. The number of aryl methyl sites for hydroxylation is 1. The second kappa shape index (κ2) is 3.82. The van der Waals surface area contributed by atoms with E-state index in [-0.39, 0.29) is 0 Å². The Kier molecular flexibility index (Phi) is 2.30. The molecule has 0 aliphatic rings. The van der Waals surface area contributed by atoms with Gasteiger partial charge in [-0.1, -0.05) is 23.7 Å². The van der Waals surface area contributed by atoms with Gasteiger partial charge in [-0.2, -0.15) is 0 Å². The van der Waals surface area contributed by atoms with Gasteiger partial charge in [-0.25, -0.2) is 15.0 Å². The van der Waals surface area contributed by atoms with E-state index in [1.807, 2.05) is 35.8 Å². The van der Waals surface area contributed by atoms with E-state index in [1.54, 1.807) is 6.20 Å². The molecule has 0 saturated heterocycles. The topological polar surface area (TPSA) is 43.6 Å². The highest BCUT2D eigenvalue weighted by Crippen LogP contribution is 2.23. The van der Waals surface area contributed by atoms with E-state index in [0.29, 0.717) is 10.8 Å². The van der Waals surface area contributed by atoms with Crippen LogP contribution in [-0.2, 0) is 0 Å². The van der Waals surface area contributed by atoms with Gasteiger partial charge in [0.15, 0.2) is 5.82 Å². The van der Waals surface area contributed by atoms with Gasteiger partial charge >= 0.3 is 0 Å². The Balaban J connectivity index is 2.38. The summed E-state index contributed by atoms with van der Waals surface area (Å²) in [7, 11) is 0. The van der Waals surface area contributed by atoms with Gasteiger partial charge in [0.2, 0.25) is 0 Å². The van der Waals surface area contributed by atoms with E-state index in [0.717, 1.165) is 16.9 Å². The van der Waals surface area contributed by atoms with Crippen molar-refractivity contribution in [2.45, 2.75) is 6.92 Å². The third kappa shape index (κ3) is 1.57. The minimum absolute atomic E-state index is 0.513. The fraction of sp³-hybridized carbons (Fsp3) is 0.0833. The molecule has 0 bridgehead atoms. The van der Waals surface area contributed by atoms with Crippen LogP contribution in [-0.4, -0.2) is 19.5 Å². The van der Waals surface area contributed by atoms with Crippen molar-refractivity contribution in [3.8, 4) is 5.82 Å². The lowest BCUT2D eigenvalue weighted by molar-refractivity contribution is 0.942. The van der Waals surface area contributed by atoms with E-state index < -0.39 is 0 Å². The number of para-hydroxylation sites is 2. The zero-order valence-corrected chi connectivity index (χ0v) is 9.89. The average molecular weight is 245 g/mol. The highest BCUT2D eigenvalue weighted by atomic mass is 35.5. The third-order valence-electron chi connectivity index (χ3n) is 2.59. The van der Waals surface area contributed by atoms with Gasteiger partial charge in [-0.15, -0.1) is 0 Å². The van der Waals surface area contributed by atoms with E-state index in [9.17, 15) is 0 Å². The quantitative estimate of drug-likeness (QED) is 0.661. The number of nitrogens with zero attached hydrogens (tertiary/aromatic N) is 4. The maximum absolute atomic E-state index is 6.11. The van der Waals surface area contributed by atoms with Crippen LogP contribution in [0.3, 0.4) is 0 Å². The number of imidazole rings is 1. The molecule has 0 amide bonds. The summed E-state index contributed by atoms with van der Waals surface area (Å²) in [6.07, 6.45) is 3.06. The Labute approximate surface area is 103 Å². The predicted molar refractivity (Wildman–Crippen MR) is 66.4 cm³/mol. The zero-order valence-electron chi connectivity index (χ0n) is 9.13. The Morgan fingerprint density at radius 2 is 2.06 bits per heavy atom. The van der Waals surface area contributed by atoms with Crippen LogP contribution >= 0.6 is 11.6 Å². The first kappa shape index (κ1) is 10.2. The molecule has 0 aliphatic carbocycles. The zero-order chi connectivity index (χ0) is 11.8. The van der Waals surface area contributed by atoms with Crippen molar-refractivity contribution in [2.24, 2.45) is 0 Å². The Morgan fingerprint density at radius 3 is 2.88 bits per heavy atom. The summed E-state index contributed by atoms with van der Waals surface area (Å²) in [5.41, 5.74) is 1.92. The summed E-state index contributed by atoms with van der Waals surface area (Å²) < 4.78 is 1.93. The van der Waals surface area contributed by atoms with Crippen molar-refractivity contribution in [2.75, 3.05) is 0 Å². The summed E-state index contributed by atoms with van der Waals surface area (Å²) >= 11 is 6.11. The number of fused-ring (bicyclic) bond motifs is 1. The van der Waals surface area contributed by atoms with E-state index in [4.69, 9.17) is 11.6 Å². The lowest BCUT2D eigenvalue weighted by atomic mass is 10.3. The maximum Gasteiger partial charge on any atom is 0.160 e. The highest BCUT2D eigenvalue weighted by molar-refractivity contribution is 6.32. The number of benzene rings is 1. The number of hydrogen-bond acceptors (Lipinski definition) is 3. The Morgan fingerprint density at radius 1 is 1.24 bits per heavy atom. The fourth-order valence-corrected chi connectivity index (χ4v) is 2.07. The smallest absolute Gasteiger partial charge is 0.160 e. The molecule has 4 nitrogen and oxygen atoms in total. The molecule has 3 aromatic rings. The highest BCUT2D eigenvalue weighted by Gasteiger charge is 2.12. The molecule has 2 aromatic heterocycles. The van der Waals surface area contributed by atoms with Crippen LogP contribution in [0.4, 0.5) is 0 Å². The van der Waals surface area contributed by atoms with Gasteiger partial charge < -0.3 is 0 Å². The van der Waals surface area contributed by atoms with Crippen LogP contribution in [0.5, 0.6) is 0 Å². The molecule has 5 heteroatoms. The van der Waals surface area contributed by atoms with Crippen molar-refractivity contribution in [3.63, 3.8) is 0 Å². The molecule has 0 N–H and O–H groups in total. The number of hydrogen-bond donors (Lipinski definition) is 0. The molecular formula is C12H9ClN4. The Hall–Kier alpha value is -1.94. The monoisotopic (exact) mass is 244 g/mol. The van der Waals surface area contributed by atoms with E-state index in [2.05, 4.69) is 15.0 Å². The first-order valence-electron chi connectivity index (χ1n) is 5.17. The number of halogens is 1. The molecule has 0 radical (unpaired) electrons. The molecule has 0 fully saturated rings. The molecule has 17 heavy (non-hydrogen) atoms. The molecule has 0 saturated carbocycles. The molecular weight excluding hydrogens is 236 g/mol. The van der Waals surface area contributed by atoms with Gasteiger partial charge in [0, 0.05) is 0 Å². The lowest BCUT2D eigenvalue weighted by Gasteiger charge is -2.06. The molecule has 0 spiro atoms. The van der Waals surface area contributed by atoms with E-state index >= 15 is 0 Å². The van der Waals surface area contributed by atoms with Gasteiger partial charge in [0.05, 0.1) is 17.2 Å². The molecule has 2 heterocycles.